The van der Waals surface area contributed by atoms with Gasteiger partial charge in [-0.3, -0.25) is 4.79 Å². The van der Waals surface area contributed by atoms with Crippen LogP contribution in [0, 0.1) is 0 Å². The zero-order valence-electron chi connectivity index (χ0n) is 15.7. The first-order valence-corrected chi connectivity index (χ1v) is 8.58. The van der Waals surface area contributed by atoms with Crippen molar-refractivity contribution in [2.45, 2.75) is 58.7 Å². The molecule has 0 aromatic heterocycles. The van der Waals surface area contributed by atoms with Crippen molar-refractivity contribution in [2.75, 3.05) is 40.1 Å². The summed E-state index contributed by atoms with van der Waals surface area (Å²) in [7, 11) is 1.90. The van der Waals surface area contributed by atoms with Gasteiger partial charge < -0.3 is 29.6 Å². The Bertz CT molecular complexity index is 352. The van der Waals surface area contributed by atoms with Crippen molar-refractivity contribution in [1.82, 2.24) is 10.6 Å². The van der Waals surface area contributed by atoms with Crippen LogP contribution in [0.1, 0.15) is 40.5 Å². The van der Waals surface area contributed by atoms with Gasteiger partial charge in [0.05, 0.1) is 39.1 Å². The number of rotatable bonds is 15. The van der Waals surface area contributed by atoms with Gasteiger partial charge in [-0.15, -0.1) is 0 Å². The van der Waals surface area contributed by atoms with Gasteiger partial charge in [-0.2, -0.15) is 0 Å². The molecule has 0 aliphatic heterocycles. The number of Topliss-reactive ketones (excluding diaryl/α,β-unsaturated/α-hetero) is 1. The molecule has 1 amide bonds. The number of carbonyl (C=O) groups is 2. The molecule has 3 atom stereocenters. The lowest BCUT2D eigenvalue weighted by molar-refractivity contribution is -0.125. The summed E-state index contributed by atoms with van der Waals surface area (Å²) in [4.78, 5) is 22.4. The predicted octanol–water partition coefficient (Wildman–Crippen LogP) is 0.907. The van der Waals surface area contributed by atoms with Crippen LogP contribution in [0.5, 0.6) is 0 Å². The molecule has 0 radical (unpaired) electrons. The second-order valence-corrected chi connectivity index (χ2v) is 6.15. The molecule has 0 fully saturated rings. The quantitative estimate of drug-likeness (QED) is 0.429. The second kappa shape index (κ2) is 14.3. The molecular formula is C17H34N2O5. The third-order valence-corrected chi connectivity index (χ3v) is 3.33. The van der Waals surface area contributed by atoms with Crippen LogP contribution in [-0.4, -0.2) is 70.0 Å². The number of hydrogen-bond acceptors (Lipinski definition) is 6. The Morgan fingerprint density at radius 3 is 2.12 bits per heavy atom. The zero-order valence-corrected chi connectivity index (χ0v) is 15.7. The maximum atomic E-state index is 11.6. The van der Waals surface area contributed by atoms with Gasteiger partial charge >= 0.3 is 0 Å². The van der Waals surface area contributed by atoms with E-state index in [2.05, 4.69) is 17.6 Å². The van der Waals surface area contributed by atoms with Crippen molar-refractivity contribution < 1.29 is 23.8 Å². The number of ketones is 1. The van der Waals surface area contributed by atoms with E-state index in [0.717, 1.165) is 0 Å². The highest BCUT2D eigenvalue weighted by Crippen LogP contribution is 1.97. The van der Waals surface area contributed by atoms with E-state index in [-0.39, 0.29) is 36.7 Å². The van der Waals surface area contributed by atoms with Gasteiger partial charge in [0.2, 0.25) is 5.91 Å². The van der Waals surface area contributed by atoms with Crippen molar-refractivity contribution in [2.24, 2.45) is 0 Å². The molecule has 7 nitrogen and oxygen atoms in total. The molecule has 3 unspecified atom stereocenters. The molecule has 0 heterocycles. The summed E-state index contributed by atoms with van der Waals surface area (Å²) in [6.07, 6.45) is 0.446. The van der Waals surface area contributed by atoms with E-state index in [1.54, 1.807) is 0 Å². The van der Waals surface area contributed by atoms with Gasteiger partial charge in [0, 0.05) is 24.9 Å². The third-order valence-electron chi connectivity index (χ3n) is 3.33. The number of likely N-dealkylation sites (N-methyl/N-ethyl adjacent to an activating group) is 1. The number of ether oxygens (including phenoxy) is 3. The molecule has 0 bridgehead atoms. The van der Waals surface area contributed by atoms with Crippen LogP contribution < -0.4 is 10.6 Å². The van der Waals surface area contributed by atoms with Crippen LogP contribution >= 0.6 is 0 Å². The Labute approximate surface area is 145 Å². The fourth-order valence-corrected chi connectivity index (χ4v) is 1.75. The average molecular weight is 346 g/mol. The van der Waals surface area contributed by atoms with E-state index in [0.29, 0.717) is 39.1 Å². The molecule has 142 valence electrons. The van der Waals surface area contributed by atoms with E-state index in [1.165, 1.54) is 6.92 Å². The summed E-state index contributed by atoms with van der Waals surface area (Å²) in [6.45, 7) is 9.97. The summed E-state index contributed by atoms with van der Waals surface area (Å²) < 4.78 is 16.6. The number of hydrogen-bond donors (Lipinski definition) is 2. The van der Waals surface area contributed by atoms with Gasteiger partial charge in [-0.1, -0.05) is 0 Å². The second-order valence-electron chi connectivity index (χ2n) is 6.15. The molecular weight excluding hydrogens is 312 g/mol. The van der Waals surface area contributed by atoms with Crippen molar-refractivity contribution in [3.63, 3.8) is 0 Å². The van der Waals surface area contributed by atoms with Gasteiger partial charge in [-0.25, -0.2) is 0 Å². The van der Waals surface area contributed by atoms with Crippen LogP contribution in [0.2, 0.25) is 0 Å². The molecule has 0 rings (SSSR count). The summed E-state index contributed by atoms with van der Waals surface area (Å²) in [5.41, 5.74) is 0. The predicted molar refractivity (Wildman–Crippen MR) is 93.1 cm³/mol. The lowest BCUT2D eigenvalue weighted by Crippen LogP contribution is -2.37. The van der Waals surface area contributed by atoms with Crippen molar-refractivity contribution in [3.8, 4) is 0 Å². The lowest BCUT2D eigenvalue weighted by Gasteiger charge is -2.18. The summed E-state index contributed by atoms with van der Waals surface area (Å²) >= 11 is 0. The van der Waals surface area contributed by atoms with Crippen LogP contribution in [-0.2, 0) is 23.8 Å². The smallest absolute Gasteiger partial charge is 0.220 e. The van der Waals surface area contributed by atoms with Crippen molar-refractivity contribution in [1.29, 1.82) is 0 Å². The summed E-state index contributed by atoms with van der Waals surface area (Å²) in [5.74, 6) is -0.109. The molecule has 0 aromatic rings. The van der Waals surface area contributed by atoms with Gasteiger partial charge in [0.25, 0.3) is 0 Å². The molecule has 0 spiro atoms. The normalized spacial score (nSPS) is 14.9. The average Bonchev–Trinajstić information content (AvgIpc) is 2.53. The Kier molecular flexibility index (Phi) is 13.7. The first-order chi connectivity index (χ1) is 11.3. The first kappa shape index (κ1) is 23.0. The molecule has 7 heteroatoms. The summed E-state index contributed by atoms with van der Waals surface area (Å²) in [6, 6.07) is 0.234. The Morgan fingerprint density at radius 2 is 1.54 bits per heavy atom. The minimum atomic E-state index is -0.127. The largest absolute Gasteiger partial charge is 0.377 e. The fourth-order valence-electron chi connectivity index (χ4n) is 1.75. The fraction of sp³-hybridized carbons (Fsp3) is 0.882. The molecule has 2 N–H and O–H groups in total. The van der Waals surface area contributed by atoms with E-state index >= 15 is 0 Å². The van der Waals surface area contributed by atoms with Crippen molar-refractivity contribution >= 4 is 11.7 Å². The topological polar surface area (TPSA) is 85.9 Å². The minimum Gasteiger partial charge on any atom is -0.377 e. The third kappa shape index (κ3) is 14.6. The van der Waals surface area contributed by atoms with E-state index in [1.807, 2.05) is 20.9 Å². The minimum absolute atomic E-state index is 0.0178. The summed E-state index contributed by atoms with van der Waals surface area (Å²) in [5, 5.41) is 5.90. The monoisotopic (exact) mass is 346 g/mol. The SMILES string of the molecule is CNC(C)COCCOCC(C)OCC(C)NC(=O)CCC(C)=O. The van der Waals surface area contributed by atoms with Crippen LogP contribution in [0.3, 0.4) is 0 Å². The van der Waals surface area contributed by atoms with Gasteiger partial charge in [0.1, 0.15) is 5.78 Å². The van der Waals surface area contributed by atoms with E-state index in [4.69, 9.17) is 14.2 Å². The number of nitrogens with one attached hydrogen (secondary N) is 2. The maximum absolute atomic E-state index is 11.6. The molecule has 0 aromatic carbocycles. The van der Waals surface area contributed by atoms with Crippen LogP contribution in [0.4, 0.5) is 0 Å². The molecule has 0 saturated carbocycles. The molecule has 24 heavy (non-hydrogen) atoms. The molecule has 0 aliphatic carbocycles. The van der Waals surface area contributed by atoms with Gasteiger partial charge in [0.15, 0.2) is 0 Å². The van der Waals surface area contributed by atoms with Crippen molar-refractivity contribution in [3.05, 3.63) is 0 Å². The number of carbonyl (C=O) groups excluding carboxylic acids is 2. The maximum Gasteiger partial charge on any atom is 0.220 e. The standard InChI is InChI=1S/C17H34N2O5/c1-13(18-5)10-22-8-9-23-12-16(4)24-11-14(2)19-17(21)7-6-15(3)20/h13-14,16,18H,6-12H2,1-5H3,(H,19,21). The molecule has 0 aliphatic rings. The Hall–Kier alpha value is -1.02. The zero-order chi connectivity index (χ0) is 18.4. The molecule has 0 saturated heterocycles. The Balaban J connectivity index is 3.58. The first-order valence-electron chi connectivity index (χ1n) is 8.58. The van der Waals surface area contributed by atoms with Crippen LogP contribution in [0.25, 0.3) is 0 Å². The van der Waals surface area contributed by atoms with Gasteiger partial charge in [-0.05, 0) is 34.7 Å². The lowest BCUT2D eigenvalue weighted by atomic mass is 10.2. The van der Waals surface area contributed by atoms with E-state index < -0.39 is 0 Å². The highest BCUT2D eigenvalue weighted by Gasteiger charge is 2.10. The number of amides is 1. The van der Waals surface area contributed by atoms with E-state index in [9.17, 15) is 9.59 Å². The Morgan fingerprint density at radius 1 is 0.917 bits per heavy atom. The highest BCUT2D eigenvalue weighted by atomic mass is 16.5. The highest BCUT2D eigenvalue weighted by molar-refractivity contribution is 5.83. The van der Waals surface area contributed by atoms with Crippen LogP contribution in [0.15, 0.2) is 0 Å².